The Morgan fingerprint density at radius 2 is 1.95 bits per heavy atom. The normalized spacial score (nSPS) is 17.2. The number of fused-ring (bicyclic) bond motifs is 1. The first-order chi connectivity index (χ1) is 10.2. The van der Waals surface area contributed by atoms with Gasteiger partial charge >= 0.3 is 0 Å². The molecule has 6 heteroatoms. The minimum Gasteiger partial charge on any atom is -0.493 e. The topological polar surface area (TPSA) is 50.8 Å². The van der Waals surface area contributed by atoms with E-state index in [0.29, 0.717) is 17.1 Å². The van der Waals surface area contributed by atoms with Crippen LogP contribution in [0.25, 0.3) is 0 Å². The zero-order chi connectivity index (χ0) is 15.0. The average molecular weight is 304 g/mol. The van der Waals surface area contributed by atoms with Crippen LogP contribution in [0.15, 0.2) is 29.6 Å². The molecule has 1 aliphatic rings. The Labute approximate surface area is 127 Å². The Kier molecular flexibility index (Phi) is 3.47. The van der Waals surface area contributed by atoms with Crippen LogP contribution in [0.2, 0.25) is 0 Å². The molecule has 0 radical (unpaired) electrons. The summed E-state index contributed by atoms with van der Waals surface area (Å²) in [6.45, 7) is 0. The van der Waals surface area contributed by atoms with Gasteiger partial charge in [0.05, 0.1) is 25.5 Å². The Bertz CT molecular complexity index is 670. The van der Waals surface area contributed by atoms with E-state index in [1.165, 1.54) is 0 Å². The van der Waals surface area contributed by atoms with Crippen molar-refractivity contribution >= 4 is 22.9 Å². The highest BCUT2D eigenvalue weighted by Gasteiger charge is 2.32. The summed E-state index contributed by atoms with van der Waals surface area (Å²) in [7, 11) is 4.93. The van der Waals surface area contributed by atoms with Gasteiger partial charge in [-0.3, -0.25) is 4.79 Å². The summed E-state index contributed by atoms with van der Waals surface area (Å²) in [5.74, 6) is 1.11. The van der Waals surface area contributed by atoms with E-state index < -0.39 is 0 Å². The van der Waals surface area contributed by atoms with E-state index in [0.717, 1.165) is 10.6 Å². The number of ether oxygens (including phenoxy) is 2. The Hall–Kier alpha value is -2.21. The van der Waals surface area contributed by atoms with Crippen molar-refractivity contribution in [3.05, 3.63) is 40.1 Å². The zero-order valence-corrected chi connectivity index (χ0v) is 12.9. The van der Waals surface area contributed by atoms with Gasteiger partial charge in [0, 0.05) is 18.0 Å². The number of hydrogen-bond acceptors (Lipinski definition) is 5. The van der Waals surface area contributed by atoms with E-state index in [1.807, 2.05) is 17.5 Å². The number of rotatable bonds is 3. The van der Waals surface area contributed by atoms with Crippen molar-refractivity contribution in [2.75, 3.05) is 26.6 Å². The third-order valence-electron chi connectivity index (χ3n) is 3.57. The number of carbonyl (C=O) groups excluding carboxylic acids is 1. The number of hydrogen-bond donors (Lipinski definition) is 1. The van der Waals surface area contributed by atoms with Gasteiger partial charge in [0.1, 0.15) is 6.17 Å². The Balaban J connectivity index is 2.07. The Morgan fingerprint density at radius 3 is 2.57 bits per heavy atom. The van der Waals surface area contributed by atoms with Crippen molar-refractivity contribution < 1.29 is 14.3 Å². The molecule has 0 saturated heterocycles. The van der Waals surface area contributed by atoms with E-state index in [-0.39, 0.29) is 12.1 Å². The van der Waals surface area contributed by atoms with Crippen LogP contribution in [0.3, 0.4) is 0 Å². The van der Waals surface area contributed by atoms with Crippen molar-refractivity contribution in [3.8, 4) is 11.5 Å². The molecule has 1 N–H and O–H groups in total. The van der Waals surface area contributed by atoms with Crippen LogP contribution >= 0.6 is 11.3 Å². The SMILES string of the molecule is COc1cc2c(cc1OC)C(=O)N(C)C(c1cccs1)N2. The highest BCUT2D eigenvalue weighted by atomic mass is 32.1. The molecule has 3 rings (SSSR count). The number of nitrogens with one attached hydrogen (secondary N) is 1. The molecule has 2 heterocycles. The van der Waals surface area contributed by atoms with Crippen LogP contribution in [0.1, 0.15) is 21.4 Å². The third kappa shape index (κ3) is 2.21. The van der Waals surface area contributed by atoms with Gasteiger partial charge < -0.3 is 19.7 Å². The van der Waals surface area contributed by atoms with Gasteiger partial charge in [-0.2, -0.15) is 0 Å². The van der Waals surface area contributed by atoms with Crippen LogP contribution < -0.4 is 14.8 Å². The van der Waals surface area contributed by atoms with E-state index >= 15 is 0 Å². The van der Waals surface area contributed by atoms with Gasteiger partial charge in [-0.1, -0.05) is 6.07 Å². The molecule has 1 aromatic heterocycles. The molecule has 1 atom stereocenters. The number of methoxy groups -OCH3 is 2. The largest absolute Gasteiger partial charge is 0.493 e. The van der Waals surface area contributed by atoms with Crippen LogP contribution in [0, 0.1) is 0 Å². The number of thiophene rings is 1. The second kappa shape index (κ2) is 5.29. The van der Waals surface area contributed by atoms with Crippen molar-refractivity contribution in [2.24, 2.45) is 0 Å². The molecule has 1 aliphatic heterocycles. The summed E-state index contributed by atoms with van der Waals surface area (Å²) in [4.78, 5) is 15.4. The van der Waals surface area contributed by atoms with Crippen molar-refractivity contribution in [1.82, 2.24) is 4.90 Å². The molecule has 1 unspecified atom stereocenters. The standard InChI is InChI=1S/C15H16N2O3S/c1-17-14(13-5-4-6-21-13)16-10-8-12(20-3)11(19-2)7-9(10)15(17)18/h4-8,14,16H,1-3H3. The quantitative estimate of drug-likeness (QED) is 0.947. The van der Waals surface area contributed by atoms with E-state index in [1.54, 1.807) is 49.6 Å². The lowest BCUT2D eigenvalue weighted by Crippen LogP contribution is -2.39. The van der Waals surface area contributed by atoms with Crippen LogP contribution in [-0.2, 0) is 0 Å². The molecule has 0 saturated carbocycles. The summed E-state index contributed by atoms with van der Waals surface area (Å²) in [5.41, 5.74) is 1.34. The smallest absolute Gasteiger partial charge is 0.257 e. The highest BCUT2D eigenvalue weighted by Crippen LogP contribution is 2.39. The van der Waals surface area contributed by atoms with Crippen molar-refractivity contribution in [1.29, 1.82) is 0 Å². The maximum absolute atomic E-state index is 12.6. The fraction of sp³-hybridized carbons (Fsp3) is 0.267. The molecule has 21 heavy (non-hydrogen) atoms. The van der Waals surface area contributed by atoms with Gasteiger partial charge in [-0.25, -0.2) is 0 Å². The molecule has 2 aromatic rings. The highest BCUT2D eigenvalue weighted by molar-refractivity contribution is 7.10. The molecule has 5 nitrogen and oxygen atoms in total. The monoisotopic (exact) mass is 304 g/mol. The van der Waals surface area contributed by atoms with E-state index in [4.69, 9.17) is 9.47 Å². The summed E-state index contributed by atoms with van der Waals surface area (Å²) in [5, 5.41) is 5.38. The van der Waals surface area contributed by atoms with Crippen molar-refractivity contribution in [3.63, 3.8) is 0 Å². The number of nitrogens with zero attached hydrogens (tertiary/aromatic N) is 1. The minimum atomic E-state index is -0.164. The van der Waals surface area contributed by atoms with E-state index in [2.05, 4.69) is 5.32 Å². The van der Waals surface area contributed by atoms with E-state index in [9.17, 15) is 4.79 Å². The lowest BCUT2D eigenvalue weighted by Gasteiger charge is -2.35. The second-order valence-electron chi connectivity index (χ2n) is 4.73. The van der Waals surface area contributed by atoms with Crippen molar-refractivity contribution in [2.45, 2.75) is 6.17 Å². The van der Waals surface area contributed by atoms with Crippen LogP contribution in [0.4, 0.5) is 5.69 Å². The van der Waals surface area contributed by atoms with Gasteiger partial charge in [0.2, 0.25) is 0 Å². The molecule has 1 amide bonds. The third-order valence-corrected chi connectivity index (χ3v) is 4.49. The lowest BCUT2D eigenvalue weighted by molar-refractivity contribution is 0.0737. The molecule has 0 fully saturated rings. The summed E-state index contributed by atoms with van der Waals surface area (Å²) < 4.78 is 10.6. The molecule has 0 bridgehead atoms. The Morgan fingerprint density at radius 1 is 1.24 bits per heavy atom. The molecular formula is C15H16N2O3S. The maximum atomic E-state index is 12.6. The number of anilines is 1. The molecule has 0 spiro atoms. The average Bonchev–Trinajstić information content (AvgIpc) is 3.03. The number of amides is 1. The molecular weight excluding hydrogens is 288 g/mol. The minimum absolute atomic E-state index is 0.0388. The first kappa shape index (κ1) is 13.8. The second-order valence-corrected chi connectivity index (χ2v) is 5.71. The number of carbonyl (C=O) groups is 1. The molecule has 0 aliphatic carbocycles. The first-order valence-electron chi connectivity index (χ1n) is 6.49. The van der Waals surface area contributed by atoms with Gasteiger partial charge in [0.25, 0.3) is 5.91 Å². The van der Waals surface area contributed by atoms with Crippen LogP contribution in [-0.4, -0.2) is 32.1 Å². The maximum Gasteiger partial charge on any atom is 0.257 e. The van der Waals surface area contributed by atoms with Gasteiger partial charge in [-0.15, -0.1) is 11.3 Å². The predicted molar refractivity (Wildman–Crippen MR) is 82.3 cm³/mol. The lowest BCUT2D eigenvalue weighted by atomic mass is 10.1. The fourth-order valence-electron chi connectivity index (χ4n) is 2.44. The number of benzene rings is 1. The summed E-state index contributed by atoms with van der Waals surface area (Å²) >= 11 is 1.62. The van der Waals surface area contributed by atoms with Crippen LogP contribution in [0.5, 0.6) is 11.5 Å². The van der Waals surface area contributed by atoms with Gasteiger partial charge in [0.15, 0.2) is 11.5 Å². The zero-order valence-electron chi connectivity index (χ0n) is 12.0. The molecule has 110 valence electrons. The molecule has 1 aromatic carbocycles. The summed E-state index contributed by atoms with van der Waals surface area (Å²) in [6, 6.07) is 7.51. The predicted octanol–water partition coefficient (Wildman–Crippen LogP) is 2.96. The summed E-state index contributed by atoms with van der Waals surface area (Å²) in [6.07, 6.45) is -0.164. The first-order valence-corrected chi connectivity index (χ1v) is 7.36. The fourth-order valence-corrected chi connectivity index (χ4v) is 3.25. The van der Waals surface area contributed by atoms with Gasteiger partial charge in [-0.05, 0) is 17.5 Å².